The highest BCUT2D eigenvalue weighted by Crippen LogP contribution is 2.45. The number of halogens is 1. The molecule has 0 amide bonds. The Bertz CT molecular complexity index is 108. The Kier molecular flexibility index (Phi) is 1.06. The van der Waals surface area contributed by atoms with Crippen LogP contribution in [0.25, 0.3) is 0 Å². The second-order valence-electron chi connectivity index (χ2n) is 3.27. The summed E-state index contributed by atoms with van der Waals surface area (Å²) in [4.78, 5) is 0. The molecule has 0 heterocycles. The Hall–Kier alpha value is -0.110. The number of aliphatic hydroxyl groups is 1. The number of hydrogen-bond donors (Lipinski definition) is 1. The summed E-state index contributed by atoms with van der Waals surface area (Å²) < 4.78 is 12.8. The van der Waals surface area contributed by atoms with Crippen molar-refractivity contribution in [1.82, 2.24) is 0 Å². The third-order valence-corrected chi connectivity index (χ3v) is 2.77. The molecule has 1 nitrogen and oxygen atoms in total. The van der Waals surface area contributed by atoms with Gasteiger partial charge in [0.05, 0.1) is 6.10 Å². The predicted octanol–water partition coefficient (Wildman–Crippen LogP) is 1.12. The summed E-state index contributed by atoms with van der Waals surface area (Å²) in [5.74, 6) is 0.495. The third kappa shape index (κ3) is 0.627. The third-order valence-electron chi connectivity index (χ3n) is 2.77. The second kappa shape index (κ2) is 1.69. The van der Waals surface area contributed by atoms with Crippen LogP contribution in [0.1, 0.15) is 19.3 Å². The van der Waals surface area contributed by atoms with Crippen LogP contribution in [0.4, 0.5) is 4.39 Å². The van der Waals surface area contributed by atoms with Crippen LogP contribution in [0, 0.1) is 11.8 Å². The molecule has 2 saturated carbocycles. The van der Waals surface area contributed by atoms with Crippen molar-refractivity contribution in [3.8, 4) is 0 Å². The van der Waals surface area contributed by atoms with Gasteiger partial charge in [-0.1, -0.05) is 0 Å². The summed E-state index contributed by atoms with van der Waals surface area (Å²) in [6.07, 6.45) is 1.46. The molecular formula is C7H11FO. The van der Waals surface area contributed by atoms with Crippen LogP contribution in [-0.4, -0.2) is 17.4 Å². The summed E-state index contributed by atoms with van der Waals surface area (Å²) in [5.41, 5.74) is 0. The van der Waals surface area contributed by atoms with Crippen molar-refractivity contribution >= 4 is 0 Å². The molecule has 0 aromatic rings. The Morgan fingerprint density at radius 1 is 1.22 bits per heavy atom. The van der Waals surface area contributed by atoms with Crippen molar-refractivity contribution in [3.05, 3.63) is 0 Å². The van der Waals surface area contributed by atoms with E-state index in [-0.39, 0.29) is 5.92 Å². The van der Waals surface area contributed by atoms with Crippen LogP contribution >= 0.6 is 0 Å². The number of fused-ring (bicyclic) bond motifs is 2. The van der Waals surface area contributed by atoms with Crippen molar-refractivity contribution in [3.63, 3.8) is 0 Å². The van der Waals surface area contributed by atoms with Gasteiger partial charge in [-0.25, -0.2) is 4.39 Å². The van der Waals surface area contributed by atoms with Crippen LogP contribution < -0.4 is 0 Å². The standard InChI is InChI=1S/C7H11FO/c8-6-4-1-2-5(3-4)7(6)9/h4-7,9H,1-3H2. The number of aliphatic hydroxyl groups excluding tert-OH is 1. The van der Waals surface area contributed by atoms with Gasteiger partial charge in [0.2, 0.25) is 0 Å². The lowest BCUT2D eigenvalue weighted by atomic mass is 9.96. The lowest BCUT2D eigenvalue weighted by Gasteiger charge is -2.19. The van der Waals surface area contributed by atoms with Gasteiger partial charge in [0, 0.05) is 0 Å². The van der Waals surface area contributed by atoms with E-state index in [0.29, 0.717) is 5.92 Å². The number of alkyl halides is 1. The average molecular weight is 130 g/mol. The van der Waals surface area contributed by atoms with Crippen LogP contribution in [0.15, 0.2) is 0 Å². The van der Waals surface area contributed by atoms with Crippen LogP contribution in [0.3, 0.4) is 0 Å². The zero-order valence-electron chi connectivity index (χ0n) is 5.26. The van der Waals surface area contributed by atoms with Crippen molar-refractivity contribution in [2.24, 2.45) is 11.8 Å². The molecular weight excluding hydrogens is 119 g/mol. The second-order valence-corrected chi connectivity index (χ2v) is 3.27. The molecule has 0 radical (unpaired) electrons. The molecule has 2 heteroatoms. The van der Waals surface area contributed by atoms with Gasteiger partial charge in [-0.2, -0.15) is 0 Å². The van der Waals surface area contributed by atoms with Gasteiger partial charge in [-0.05, 0) is 31.1 Å². The minimum absolute atomic E-state index is 0.199. The fourth-order valence-corrected chi connectivity index (χ4v) is 2.19. The summed E-state index contributed by atoms with van der Waals surface area (Å²) in [6.45, 7) is 0. The van der Waals surface area contributed by atoms with Gasteiger partial charge in [0.1, 0.15) is 6.17 Å². The first kappa shape index (κ1) is 5.66. The Labute approximate surface area is 53.9 Å². The van der Waals surface area contributed by atoms with E-state index in [1.807, 2.05) is 0 Å². The lowest BCUT2D eigenvalue weighted by Crippen LogP contribution is -2.28. The predicted molar refractivity (Wildman–Crippen MR) is 31.7 cm³/mol. The Morgan fingerprint density at radius 3 is 2.22 bits per heavy atom. The monoisotopic (exact) mass is 130 g/mol. The van der Waals surface area contributed by atoms with Crippen LogP contribution in [-0.2, 0) is 0 Å². The maximum Gasteiger partial charge on any atom is 0.129 e. The largest absolute Gasteiger partial charge is 0.390 e. The normalized spacial score (nSPS) is 56.7. The lowest BCUT2D eigenvalue weighted by molar-refractivity contribution is 0.0352. The summed E-state index contributed by atoms with van der Waals surface area (Å²) >= 11 is 0. The SMILES string of the molecule is OC1C2CCC(C2)C1F. The van der Waals surface area contributed by atoms with E-state index < -0.39 is 12.3 Å². The fourth-order valence-electron chi connectivity index (χ4n) is 2.19. The maximum absolute atomic E-state index is 12.8. The van der Waals surface area contributed by atoms with Gasteiger partial charge in [-0.15, -0.1) is 0 Å². The molecule has 1 N–H and O–H groups in total. The Morgan fingerprint density at radius 2 is 1.89 bits per heavy atom. The summed E-state index contributed by atoms with van der Waals surface area (Å²) in [6, 6.07) is 0. The van der Waals surface area contributed by atoms with Crippen LogP contribution in [0.5, 0.6) is 0 Å². The van der Waals surface area contributed by atoms with Crippen molar-refractivity contribution < 1.29 is 9.50 Å². The van der Waals surface area contributed by atoms with E-state index >= 15 is 0 Å². The van der Waals surface area contributed by atoms with Crippen molar-refractivity contribution in [2.45, 2.75) is 31.5 Å². The molecule has 2 fully saturated rings. The highest BCUT2D eigenvalue weighted by atomic mass is 19.1. The topological polar surface area (TPSA) is 20.2 Å². The number of hydrogen-bond acceptors (Lipinski definition) is 1. The van der Waals surface area contributed by atoms with Gasteiger partial charge >= 0.3 is 0 Å². The molecule has 0 aromatic heterocycles. The molecule has 9 heavy (non-hydrogen) atoms. The summed E-state index contributed by atoms with van der Waals surface area (Å²) in [7, 11) is 0. The summed E-state index contributed by atoms with van der Waals surface area (Å²) in [5, 5.41) is 9.11. The van der Waals surface area contributed by atoms with E-state index in [0.717, 1.165) is 19.3 Å². The molecule has 4 unspecified atom stereocenters. The van der Waals surface area contributed by atoms with Crippen LogP contribution in [0.2, 0.25) is 0 Å². The zero-order valence-corrected chi connectivity index (χ0v) is 5.26. The van der Waals surface area contributed by atoms with E-state index in [2.05, 4.69) is 0 Å². The van der Waals surface area contributed by atoms with E-state index in [1.54, 1.807) is 0 Å². The first-order valence-corrected chi connectivity index (χ1v) is 3.61. The highest BCUT2D eigenvalue weighted by molar-refractivity contribution is 4.96. The smallest absolute Gasteiger partial charge is 0.129 e. The van der Waals surface area contributed by atoms with E-state index in [4.69, 9.17) is 5.11 Å². The molecule has 2 bridgehead atoms. The molecule has 2 rings (SSSR count). The van der Waals surface area contributed by atoms with Crippen molar-refractivity contribution in [1.29, 1.82) is 0 Å². The molecule has 0 spiro atoms. The molecule has 4 atom stereocenters. The molecule has 52 valence electrons. The number of rotatable bonds is 0. The van der Waals surface area contributed by atoms with E-state index in [1.165, 1.54) is 0 Å². The first-order valence-electron chi connectivity index (χ1n) is 3.61. The van der Waals surface area contributed by atoms with Gasteiger partial charge in [0.15, 0.2) is 0 Å². The van der Waals surface area contributed by atoms with Gasteiger partial charge < -0.3 is 5.11 Å². The Balaban J connectivity index is 2.15. The average Bonchev–Trinajstić information content (AvgIpc) is 2.37. The molecule has 0 aliphatic heterocycles. The molecule has 0 aromatic carbocycles. The quantitative estimate of drug-likeness (QED) is 0.521. The maximum atomic E-state index is 12.8. The minimum atomic E-state index is -0.899. The van der Waals surface area contributed by atoms with Gasteiger partial charge in [0.25, 0.3) is 0 Å². The minimum Gasteiger partial charge on any atom is -0.390 e. The van der Waals surface area contributed by atoms with Gasteiger partial charge in [-0.3, -0.25) is 0 Å². The molecule has 2 aliphatic rings. The zero-order chi connectivity index (χ0) is 6.43. The van der Waals surface area contributed by atoms with E-state index in [9.17, 15) is 4.39 Å². The van der Waals surface area contributed by atoms with Crippen molar-refractivity contribution in [2.75, 3.05) is 0 Å². The molecule has 0 saturated heterocycles. The fraction of sp³-hybridized carbons (Fsp3) is 1.00. The highest BCUT2D eigenvalue weighted by Gasteiger charge is 2.47. The molecule has 2 aliphatic carbocycles. The first-order chi connectivity index (χ1) is 4.29.